The Hall–Kier alpha value is -1.74. The van der Waals surface area contributed by atoms with E-state index in [-0.39, 0.29) is 10.2 Å². The molecule has 2 rings (SSSR count). The minimum absolute atomic E-state index is 0.0155. The Morgan fingerprint density at radius 2 is 1.86 bits per heavy atom. The topological polar surface area (TPSA) is 86.0 Å². The van der Waals surface area contributed by atoms with Crippen LogP contribution in [0.3, 0.4) is 0 Å². The van der Waals surface area contributed by atoms with E-state index < -0.39 is 17.2 Å². The van der Waals surface area contributed by atoms with Gasteiger partial charge in [0, 0.05) is 24.8 Å². The van der Waals surface area contributed by atoms with Gasteiger partial charge in [0.15, 0.2) is 0 Å². The minimum Gasteiger partial charge on any atom is -0.305 e. The van der Waals surface area contributed by atoms with Gasteiger partial charge >= 0.3 is 5.69 Å². The van der Waals surface area contributed by atoms with E-state index in [9.17, 15) is 14.4 Å². The van der Waals surface area contributed by atoms with Crippen LogP contribution >= 0.6 is 31.9 Å². The van der Waals surface area contributed by atoms with Gasteiger partial charge in [-0.2, -0.15) is 0 Å². The lowest BCUT2D eigenvalue weighted by Gasteiger charge is -2.11. The summed E-state index contributed by atoms with van der Waals surface area (Å²) in [6, 6.07) is 3.30. The number of nitrogens with one attached hydrogen (secondary N) is 1. The van der Waals surface area contributed by atoms with Gasteiger partial charge in [0.1, 0.15) is 16.0 Å². The molecule has 9 heteroatoms. The highest BCUT2D eigenvalue weighted by atomic mass is 79.9. The van der Waals surface area contributed by atoms with Gasteiger partial charge in [-0.1, -0.05) is 0 Å². The SMILES string of the molecule is Cn1c(C(=O)Nc2ccc(Br)cn2)c(Br)c(=O)n(C)c1=O. The molecule has 0 aliphatic rings. The van der Waals surface area contributed by atoms with Crippen LogP contribution in [0.2, 0.25) is 0 Å². The molecule has 0 fully saturated rings. The van der Waals surface area contributed by atoms with E-state index >= 15 is 0 Å². The van der Waals surface area contributed by atoms with Crippen LogP contribution in [-0.4, -0.2) is 20.0 Å². The number of hydrogen-bond acceptors (Lipinski definition) is 4. The number of carbonyl (C=O) groups excluding carboxylic acids is 1. The first-order valence-electron chi connectivity index (χ1n) is 5.71. The van der Waals surface area contributed by atoms with E-state index in [2.05, 4.69) is 42.2 Å². The number of nitrogens with zero attached hydrogens (tertiary/aromatic N) is 3. The zero-order chi connectivity index (χ0) is 15.7. The molecule has 0 spiro atoms. The van der Waals surface area contributed by atoms with Crippen molar-refractivity contribution in [2.75, 3.05) is 5.32 Å². The summed E-state index contributed by atoms with van der Waals surface area (Å²) in [5.41, 5.74) is -1.23. The second-order valence-corrected chi connectivity index (χ2v) is 5.89. The third-order valence-electron chi connectivity index (χ3n) is 2.79. The fourth-order valence-electron chi connectivity index (χ4n) is 1.68. The average molecular weight is 418 g/mol. The van der Waals surface area contributed by atoms with Gasteiger partial charge in [0.05, 0.1) is 0 Å². The standard InChI is InChI=1S/C12H10Br2N4O3/c1-17-9(8(14)11(20)18(2)12(17)21)10(19)16-7-4-3-6(13)5-15-7/h3-5H,1-2H3,(H,15,16,19). The lowest BCUT2D eigenvalue weighted by atomic mass is 10.3. The Morgan fingerprint density at radius 3 is 2.43 bits per heavy atom. The van der Waals surface area contributed by atoms with Gasteiger partial charge in [-0.25, -0.2) is 9.78 Å². The van der Waals surface area contributed by atoms with Gasteiger partial charge in [-0.15, -0.1) is 0 Å². The third kappa shape index (κ3) is 2.98. The number of rotatable bonds is 2. The number of aromatic nitrogens is 3. The highest BCUT2D eigenvalue weighted by Crippen LogP contribution is 2.14. The maximum atomic E-state index is 12.3. The molecule has 2 aromatic rings. The molecule has 7 nitrogen and oxygen atoms in total. The molecule has 0 aliphatic carbocycles. The molecule has 0 aliphatic heterocycles. The van der Waals surface area contributed by atoms with Crippen molar-refractivity contribution in [2.45, 2.75) is 0 Å². The number of hydrogen-bond donors (Lipinski definition) is 1. The molecule has 1 amide bonds. The van der Waals surface area contributed by atoms with Crippen molar-refractivity contribution in [3.63, 3.8) is 0 Å². The lowest BCUT2D eigenvalue weighted by Crippen LogP contribution is -2.41. The van der Waals surface area contributed by atoms with E-state index in [0.29, 0.717) is 5.82 Å². The van der Waals surface area contributed by atoms with Gasteiger partial charge in [-0.05, 0) is 44.0 Å². The molecule has 0 atom stereocenters. The summed E-state index contributed by atoms with van der Waals surface area (Å²) in [6.45, 7) is 0. The maximum Gasteiger partial charge on any atom is 0.331 e. The molecule has 0 saturated heterocycles. The first-order valence-corrected chi connectivity index (χ1v) is 7.30. The van der Waals surface area contributed by atoms with Crippen molar-refractivity contribution in [2.24, 2.45) is 14.1 Å². The number of halogens is 2. The fourth-order valence-corrected chi connectivity index (χ4v) is 2.63. The molecule has 0 unspecified atom stereocenters. The second-order valence-electron chi connectivity index (χ2n) is 4.18. The first kappa shape index (κ1) is 15.6. The minimum atomic E-state index is -0.603. The lowest BCUT2D eigenvalue weighted by molar-refractivity contribution is 0.101. The molecule has 2 heterocycles. The smallest absolute Gasteiger partial charge is 0.305 e. The van der Waals surface area contributed by atoms with Gasteiger partial charge in [-0.3, -0.25) is 18.7 Å². The van der Waals surface area contributed by atoms with Crippen LogP contribution in [-0.2, 0) is 14.1 Å². The van der Waals surface area contributed by atoms with Crippen LogP contribution in [0.25, 0.3) is 0 Å². The van der Waals surface area contributed by atoms with Crippen molar-refractivity contribution in [3.8, 4) is 0 Å². The molecular formula is C12H10Br2N4O3. The van der Waals surface area contributed by atoms with E-state index in [0.717, 1.165) is 13.6 Å². The largest absolute Gasteiger partial charge is 0.331 e. The van der Waals surface area contributed by atoms with E-state index in [1.165, 1.54) is 20.3 Å². The molecule has 0 bridgehead atoms. The average Bonchev–Trinajstić information content (AvgIpc) is 2.46. The summed E-state index contributed by atoms with van der Waals surface area (Å²) in [4.78, 5) is 40.0. The van der Waals surface area contributed by atoms with Gasteiger partial charge in [0.2, 0.25) is 0 Å². The van der Waals surface area contributed by atoms with Crippen LogP contribution in [0.4, 0.5) is 5.82 Å². The number of pyridine rings is 1. The molecule has 1 N–H and O–H groups in total. The molecule has 21 heavy (non-hydrogen) atoms. The van der Waals surface area contributed by atoms with Crippen LogP contribution in [0.5, 0.6) is 0 Å². The molecular weight excluding hydrogens is 408 g/mol. The third-order valence-corrected chi connectivity index (χ3v) is 3.98. The monoisotopic (exact) mass is 416 g/mol. The Kier molecular flexibility index (Phi) is 4.43. The van der Waals surface area contributed by atoms with E-state index in [4.69, 9.17) is 0 Å². The Bertz CT molecular complexity index is 787. The maximum absolute atomic E-state index is 12.3. The normalized spacial score (nSPS) is 10.5. The van der Waals surface area contributed by atoms with Gasteiger partial charge < -0.3 is 5.32 Å². The Labute approximate surface area is 135 Å². The fraction of sp³-hybridized carbons (Fsp3) is 0.167. The van der Waals surface area contributed by atoms with Crippen molar-refractivity contribution in [1.82, 2.24) is 14.1 Å². The van der Waals surface area contributed by atoms with Crippen LogP contribution in [0.1, 0.15) is 10.5 Å². The second kappa shape index (κ2) is 5.94. The zero-order valence-electron chi connectivity index (χ0n) is 11.1. The molecule has 0 saturated carbocycles. The summed E-state index contributed by atoms with van der Waals surface area (Å²) in [5.74, 6) is -0.294. The quantitative estimate of drug-likeness (QED) is 0.796. The van der Waals surface area contributed by atoms with Crippen LogP contribution in [0, 0.1) is 0 Å². The highest BCUT2D eigenvalue weighted by Gasteiger charge is 2.20. The summed E-state index contributed by atoms with van der Waals surface area (Å²) in [6.07, 6.45) is 1.52. The first-order chi connectivity index (χ1) is 9.82. The summed E-state index contributed by atoms with van der Waals surface area (Å²) in [7, 11) is 2.75. The van der Waals surface area contributed by atoms with Crippen molar-refractivity contribution < 1.29 is 4.79 Å². The summed E-state index contributed by atoms with van der Waals surface area (Å²) < 4.78 is 2.79. The number of anilines is 1. The Balaban J connectivity index is 2.47. The van der Waals surface area contributed by atoms with E-state index in [1.807, 2.05) is 0 Å². The Morgan fingerprint density at radius 1 is 1.19 bits per heavy atom. The van der Waals surface area contributed by atoms with Crippen molar-refractivity contribution in [3.05, 3.63) is 53.8 Å². The van der Waals surface area contributed by atoms with Gasteiger partial charge in [0.25, 0.3) is 11.5 Å². The summed E-state index contributed by atoms with van der Waals surface area (Å²) >= 11 is 6.29. The highest BCUT2D eigenvalue weighted by molar-refractivity contribution is 9.10. The molecule has 0 radical (unpaired) electrons. The van der Waals surface area contributed by atoms with Crippen molar-refractivity contribution in [1.29, 1.82) is 0 Å². The van der Waals surface area contributed by atoms with Crippen LogP contribution < -0.4 is 16.6 Å². The van der Waals surface area contributed by atoms with Crippen molar-refractivity contribution >= 4 is 43.6 Å². The molecule has 2 aromatic heterocycles. The van der Waals surface area contributed by atoms with Crippen LogP contribution in [0.15, 0.2) is 36.9 Å². The predicted octanol–water partition coefficient (Wildman–Crippen LogP) is 1.26. The molecule has 110 valence electrons. The molecule has 0 aromatic carbocycles. The van der Waals surface area contributed by atoms with E-state index in [1.54, 1.807) is 12.1 Å². The number of amides is 1. The predicted molar refractivity (Wildman–Crippen MR) is 84.5 cm³/mol. The zero-order valence-corrected chi connectivity index (χ0v) is 14.2. The number of carbonyl (C=O) groups is 1. The summed E-state index contributed by atoms with van der Waals surface area (Å²) in [5, 5.41) is 2.53.